The summed E-state index contributed by atoms with van der Waals surface area (Å²) in [5, 5.41) is 119. The fourth-order valence-electron chi connectivity index (χ4n) is 5.61. The first-order valence-electron chi connectivity index (χ1n) is 14.5. The first-order chi connectivity index (χ1) is 23.0. The molecule has 4 rings (SSSR count). The summed E-state index contributed by atoms with van der Waals surface area (Å²) in [6, 6.07) is 0. The van der Waals surface area contributed by atoms with E-state index >= 15 is 0 Å². The minimum Gasteiger partial charge on any atom is -0.547 e. The molecule has 0 saturated carbocycles. The summed E-state index contributed by atoms with van der Waals surface area (Å²) in [6.07, 6.45) is -36.9. The van der Waals surface area contributed by atoms with E-state index in [4.69, 9.17) is 42.6 Å². The number of carbonyl (C=O) groups is 3. The van der Waals surface area contributed by atoms with E-state index < -0.39 is 141 Å². The monoisotopic (exact) mass is 808 g/mol. The number of carboxylic acid groups (broad SMARTS) is 3. The molecule has 0 spiro atoms. The summed E-state index contributed by atoms with van der Waals surface area (Å²) in [5.41, 5.74) is 0. The average molecular weight is 809 g/mol. The summed E-state index contributed by atoms with van der Waals surface area (Å²) in [4.78, 5) is 35.5. The molecular formula is C26H36Na4O23. The third-order valence-corrected chi connectivity index (χ3v) is 8.33. The minimum absolute atomic E-state index is 0. The maximum absolute atomic E-state index is 12.0. The van der Waals surface area contributed by atoms with Gasteiger partial charge in [0, 0.05) is 20.8 Å². The van der Waals surface area contributed by atoms with Gasteiger partial charge in [-0.15, -0.1) is 0 Å². The molecule has 4 fully saturated rings. The number of rotatable bonds is 12. The Hall–Kier alpha value is 1.73. The molecule has 282 valence electrons. The molecule has 8 N–H and O–H groups in total. The second kappa shape index (κ2) is 24.1. The molecule has 0 bridgehead atoms. The van der Waals surface area contributed by atoms with Gasteiger partial charge < -0.3 is 113 Å². The summed E-state index contributed by atoms with van der Waals surface area (Å²) < 4.78 is 45.9. The largest absolute Gasteiger partial charge is 1.00 e. The van der Waals surface area contributed by atoms with Gasteiger partial charge in [0.2, 0.25) is 0 Å². The molecule has 4 aliphatic rings. The second-order valence-corrected chi connectivity index (χ2v) is 11.4. The number of carboxylic acids is 3. The van der Waals surface area contributed by atoms with Crippen LogP contribution in [0.15, 0.2) is 0 Å². The number of ether oxygens (including phenoxy) is 9. The molecular weight excluding hydrogens is 772 g/mol. The topological polar surface area (TPSA) is 365 Å². The summed E-state index contributed by atoms with van der Waals surface area (Å²) in [7, 11) is 2.19. The molecule has 4 saturated heterocycles. The van der Waals surface area contributed by atoms with Crippen molar-refractivity contribution in [2.24, 2.45) is 5.92 Å². The minimum atomic E-state index is -2.45. The van der Waals surface area contributed by atoms with E-state index in [0.717, 1.165) is 13.7 Å². The van der Waals surface area contributed by atoms with Crippen LogP contribution in [0.25, 0.3) is 0 Å². The predicted molar refractivity (Wildman–Crippen MR) is 135 cm³/mol. The summed E-state index contributed by atoms with van der Waals surface area (Å²) in [6.45, 7) is 0.490. The second-order valence-electron chi connectivity index (χ2n) is 11.4. The Balaban J connectivity index is 0.00000676. The molecule has 4 heterocycles. The van der Waals surface area contributed by atoms with Gasteiger partial charge in [-0.05, 0) is 0 Å². The molecule has 0 aromatic heterocycles. The smallest absolute Gasteiger partial charge is 0.547 e. The Labute approximate surface area is 389 Å². The third-order valence-electron chi connectivity index (χ3n) is 8.33. The van der Waals surface area contributed by atoms with Crippen LogP contribution in [0.5, 0.6) is 0 Å². The number of aliphatic carboxylic acids is 3. The first kappa shape index (κ1) is 54.7. The van der Waals surface area contributed by atoms with E-state index in [0.29, 0.717) is 0 Å². The van der Waals surface area contributed by atoms with Crippen molar-refractivity contribution in [3.8, 4) is 0 Å². The van der Waals surface area contributed by atoms with Crippen LogP contribution in [0.4, 0.5) is 0 Å². The molecule has 23 nitrogen and oxygen atoms in total. The Kier molecular flexibility index (Phi) is 24.9. The third kappa shape index (κ3) is 12.4. The molecule has 19 atom stereocenters. The van der Waals surface area contributed by atoms with E-state index in [1.807, 2.05) is 0 Å². The van der Waals surface area contributed by atoms with E-state index in [2.05, 4.69) is 0 Å². The van der Waals surface area contributed by atoms with Gasteiger partial charge in [-0.3, -0.25) is 0 Å². The molecule has 4 aliphatic heterocycles. The van der Waals surface area contributed by atoms with Gasteiger partial charge in [-0.25, -0.2) is 6.61 Å². The van der Waals surface area contributed by atoms with Crippen LogP contribution < -0.4 is 134 Å². The normalized spacial score (nSPS) is 44.2. The van der Waals surface area contributed by atoms with Gasteiger partial charge >= 0.3 is 118 Å². The number of aliphatic hydroxyl groups excluding tert-OH is 8. The van der Waals surface area contributed by atoms with E-state index in [1.165, 1.54) is 7.11 Å². The van der Waals surface area contributed by atoms with Gasteiger partial charge in [-0.2, -0.15) is 0 Å². The van der Waals surface area contributed by atoms with Gasteiger partial charge in [0.05, 0.1) is 24.0 Å². The van der Waals surface area contributed by atoms with Crippen molar-refractivity contribution in [1.82, 2.24) is 0 Å². The zero-order valence-electron chi connectivity index (χ0n) is 29.5. The molecule has 53 heavy (non-hydrogen) atoms. The van der Waals surface area contributed by atoms with Gasteiger partial charge in [0.25, 0.3) is 0 Å². The van der Waals surface area contributed by atoms with Crippen molar-refractivity contribution in [2.75, 3.05) is 20.8 Å². The van der Waals surface area contributed by atoms with E-state index in [1.54, 1.807) is 0 Å². The molecule has 27 heteroatoms. The standard InChI is InChI=1S/C26H39O23.4Na/c1-41-14-7(28)12(33)25(48-17(14)20(35)36)46-16-9(30)13(34)26(49-19(16)22(39)40)45-15-8(29)11(32)24(47-18(15)21(37)38)44-4-5-3-43-23(42-2)10(31)6(5)27;;;;/h3,5-19,23-34H,4H2,1-2H3,(H,35,36)(H,37,38)(H,39,40);;;;/q-1;4*+1/p-3/t5-,6+,7?,8?,9+,10?,11?,12?,13?,14-,15-,16-,17+,18+,19?,23+,24+,25+,26+;;;;/m0..../s1. The van der Waals surface area contributed by atoms with Crippen molar-refractivity contribution < 1.29 is 231 Å². The first-order valence-corrected chi connectivity index (χ1v) is 14.5. The molecule has 7 unspecified atom stereocenters. The molecule has 0 aromatic rings. The van der Waals surface area contributed by atoms with Crippen LogP contribution in [0, 0.1) is 12.5 Å². The van der Waals surface area contributed by atoms with Gasteiger partial charge in [0.15, 0.2) is 25.2 Å². The SMILES string of the molecule is CO[C@@H]1O[CH-][C@@H](CO[C@@H]2O[C@@H](C(=O)[O-])[C@@H](O[C@@H]3OC(C(=O)[O-])[C@@H](O[C@@H]4O[C@@H](C(=O)[O-])[C@@H](OC)C(O)C4O)[C@H](O)C3O)C(O)C2O)[C@@H](O)C1O.[Na+].[Na+].[Na+].[Na+]. The predicted octanol–water partition coefficient (Wildman–Crippen LogP) is -23.1. The average Bonchev–Trinajstić information content (AvgIpc) is 3.05. The fraction of sp³-hybridized carbons (Fsp3) is 0.846. The molecule has 0 aromatic carbocycles. The quantitative estimate of drug-likeness (QED) is 0.0670. The summed E-state index contributed by atoms with van der Waals surface area (Å²) in [5.74, 6) is -7.22. The van der Waals surface area contributed by atoms with E-state index in [-0.39, 0.29) is 118 Å². The zero-order chi connectivity index (χ0) is 36.5. The van der Waals surface area contributed by atoms with Crippen molar-refractivity contribution in [3.05, 3.63) is 6.61 Å². The van der Waals surface area contributed by atoms with Gasteiger partial charge in [0.1, 0.15) is 79.4 Å². The van der Waals surface area contributed by atoms with Crippen LogP contribution >= 0.6 is 0 Å². The van der Waals surface area contributed by atoms with Gasteiger partial charge in [-0.1, -0.05) is 5.92 Å². The Morgan fingerprint density at radius 2 is 0.887 bits per heavy atom. The van der Waals surface area contributed by atoms with Crippen molar-refractivity contribution in [1.29, 1.82) is 0 Å². The number of carbonyl (C=O) groups excluding carboxylic acids is 3. The maximum atomic E-state index is 12.0. The van der Waals surface area contributed by atoms with Crippen molar-refractivity contribution in [3.63, 3.8) is 0 Å². The van der Waals surface area contributed by atoms with Crippen LogP contribution in [0.2, 0.25) is 0 Å². The number of hydrogen-bond acceptors (Lipinski definition) is 23. The Morgan fingerprint density at radius 3 is 1.28 bits per heavy atom. The number of hydrogen-bond donors (Lipinski definition) is 8. The fourth-order valence-corrected chi connectivity index (χ4v) is 5.61. The Bertz CT molecular complexity index is 1160. The zero-order valence-corrected chi connectivity index (χ0v) is 37.5. The molecule has 0 amide bonds. The van der Waals surface area contributed by atoms with Crippen LogP contribution in [-0.2, 0) is 57.0 Å². The maximum Gasteiger partial charge on any atom is 1.00 e. The van der Waals surface area contributed by atoms with Crippen molar-refractivity contribution in [2.45, 2.75) is 111 Å². The molecule has 0 radical (unpaired) electrons. The van der Waals surface area contributed by atoms with Crippen LogP contribution in [-0.4, -0.2) is 190 Å². The Morgan fingerprint density at radius 1 is 0.528 bits per heavy atom. The van der Waals surface area contributed by atoms with Crippen LogP contribution in [0.3, 0.4) is 0 Å². The summed E-state index contributed by atoms with van der Waals surface area (Å²) >= 11 is 0. The number of aliphatic hydroxyl groups is 8. The van der Waals surface area contributed by atoms with E-state index in [9.17, 15) is 70.6 Å². The number of methoxy groups -OCH3 is 2. The van der Waals surface area contributed by atoms with Crippen molar-refractivity contribution >= 4 is 17.9 Å². The molecule has 0 aliphatic carbocycles. The van der Waals surface area contributed by atoms with Crippen LogP contribution in [0.1, 0.15) is 0 Å².